The molecule has 1 aliphatic carbocycles. The summed E-state index contributed by atoms with van der Waals surface area (Å²) in [5.41, 5.74) is 5.35. The summed E-state index contributed by atoms with van der Waals surface area (Å²) in [7, 11) is 0. The normalized spacial score (nSPS) is 21.1. The van der Waals surface area contributed by atoms with Gasteiger partial charge < -0.3 is 0 Å². The molecular weight excluding hydrogens is 279 g/mol. The van der Waals surface area contributed by atoms with Crippen molar-refractivity contribution < 1.29 is 0 Å². The van der Waals surface area contributed by atoms with Gasteiger partial charge in [-0.1, -0.05) is 53.8 Å². The molecule has 19 heavy (non-hydrogen) atoms. The Kier molecular flexibility index (Phi) is 5.71. The summed E-state index contributed by atoms with van der Waals surface area (Å²) < 4.78 is 0. The average molecular weight is 299 g/mol. The van der Waals surface area contributed by atoms with Crippen molar-refractivity contribution in [3.63, 3.8) is 0 Å². The molecule has 104 valence electrons. The van der Waals surface area contributed by atoms with Crippen LogP contribution in [-0.2, 0) is 0 Å². The lowest BCUT2D eigenvalue weighted by Crippen LogP contribution is -2.29. The highest BCUT2D eigenvalue weighted by molar-refractivity contribution is 6.42. The minimum atomic E-state index is 0.0351. The van der Waals surface area contributed by atoms with Gasteiger partial charge in [-0.05, 0) is 43.4 Å². The molecule has 0 saturated carbocycles. The molecule has 0 amide bonds. The van der Waals surface area contributed by atoms with Crippen LogP contribution in [0.3, 0.4) is 0 Å². The fraction of sp³-hybridized carbons (Fsp3) is 0.467. The monoisotopic (exact) mass is 298 g/mol. The van der Waals surface area contributed by atoms with Crippen LogP contribution in [0.2, 0.25) is 10.0 Å². The maximum atomic E-state index is 6.09. The summed E-state index contributed by atoms with van der Waals surface area (Å²) in [6.07, 6.45) is 9.68. The van der Waals surface area contributed by atoms with Gasteiger partial charge in [0.25, 0.3) is 0 Å². The summed E-state index contributed by atoms with van der Waals surface area (Å²) >= 11 is 12.1. The van der Waals surface area contributed by atoms with Crippen LogP contribution in [0.25, 0.3) is 0 Å². The standard InChI is InChI=1S/C15H20Cl2N2/c16-13-9-8-12(10-14(13)17)15(19-18)11-6-4-2-1-3-5-7-11/h6,8-10,15,19H,1-5,7,18H2/b11-6+. The van der Waals surface area contributed by atoms with Crippen LogP contribution in [0.15, 0.2) is 29.8 Å². The van der Waals surface area contributed by atoms with E-state index in [4.69, 9.17) is 29.0 Å². The Morgan fingerprint density at radius 1 is 1.05 bits per heavy atom. The molecule has 4 heteroatoms. The van der Waals surface area contributed by atoms with Gasteiger partial charge in [0.2, 0.25) is 0 Å². The van der Waals surface area contributed by atoms with E-state index in [1.807, 2.05) is 18.2 Å². The fourth-order valence-electron chi connectivity index (χ4n) is 2.59. The molecule has 2 rings (SSSR count). The summed E-state index contributed by atoms with van der Waals surface area (Å²) in [5, 5.41) is 1.15. The van der Waals surface area contributed by atoms with E-state index in [2.05, 4.69) is 11.5 Å². The molecule has 0 heterocycles. The fourth-order valence-corrected chi connectivity index (χ4v) is 2.89. The van der Waals surface area contributed by atoms with E-state index in [1.165, 1.54) is 31.3 Å². The molecule has 0 bridgehead atoms. The Morgan fingerprint density at radius 2 is 1.84 bits per heavy atom. The SMILES string of the molecule is NNC(/C1=C/CCCCCC1)c1ccc(Cl)c(Cl)c1. The smallest absolute Gasteiger partial charge is 0.0670 e. The van der Waals surface area contributed by atoms with E-state index < -0.39 is 0 Å². The van der Waals surface area contributed by atoms with Crippen LogP contribution < -0.4 is 11.3 Å². The first-order valence-electron chi connectivity index (χ1n) is 6.82. The number of nitrogens with two attached hydrogens (primary N) is 1. The van der Waals surface area contributed by atoms with E-state index >= 15 is 0 Å². The highest BCUT2D eigenvalue weighted by Gasteiger charge is 2.16. The van der Waals surface area contributed by atoms with E-state index in [9.17, 15) is 0 Å². The van der Waals surface area contributed by atoms with Gasteiger partial charge in [-0.3, -0.25) is 5.84 Å². The summed E-state index contributed by atoms with van der Waals surface area (Å²) in [4.78, 5) is 0. The molecule has 1 aliphatic rings. The maximum Gasteiger partial charge on any atom is 0.0670 e. The molecule has 0 radical (unpaired) electrons. The zero-order valence-corrected chi connectivity index (χ0v) is 12.5. The van der Waals surface area contributed by atoms with Crippen LogP contribution in [-0.4, -0.2) is 0 Å². The Balaban J connectivity index is 2.24. The zero-order valence-electron chi connectivity index (χ0n) is 11.0. The van der Waals surface area contributed by atoms with Gasteiger partial charge >= 0.3 is 0 Å². The lowest BCUT2D eigenvalue weighted by atomic mass is 9.91. The van der Waals surface area contributed by atoms with Crippen molar-refractivity contribution in [2.45, 2.75) is 44.6 Å². The van der Waals surface area contributed by atoms with Crippen LogP contribution in [0.1, 0.15) is 50.1 Å². The summed E-state index contributed by atoms with van der Waals surface area (Å²) in [6.45, 7) is 0. The molecule has 3 N–H and O–H groups in total. The second kappa shape index (κ2) is 7.30. The van der Waals surface area contributed by atoms with Crippen LogP contribution >= 0.6 is 23.2 Å². The lowest BCUT2D eigenvalue weighted by molar-refractivity contribution is 0.555. The maximum absolute atomic E-state index is 6.09. The van der Waals surface area contributed by atoms with Gasteiger partial charge in [-0.25, -0.2) is 5.43 Å². The molecule has 0 saturated heterocycles. The predicted octanol–water partition coefficient (Wildman–Crippen LogP) is 4.78. The Labute approximate surface area is 124 Å². The molecule has 0 aromatic heterocycles. The molecule has 2 nitrogen and oxygen atoms in total. The number of halogens is 2. The topological polar surface area (TPSA) is 38.0 Å². The van der Waals surface area contributed by atoms with Gasteiger partial charge in [0.05, 0.1) is 16.1 Å². The molecule has 0 spiro atoms. The third-order valence-corrected chi connectivity index (χ3v) is 4.38. The minimum Gasteiger partial charge on any atom is -0.271 e. The Bertz CT molecular complexity index is 457. The van der Waals surface area contributed by atoms with Crippen molar-refractivity contribution >= 4 is 23.2 Å². The summed E-state index contributed by atoms with van der Waals surface area (Å²) in [5.74, 6) is 5.75. The molecule has 0 fully saturated rings. The Hall–Kier alpha value is -0.540. The third kappa shape index (κ3) is 3.96. The van der Waals surface area contributed by atoms with Crippen molar-refractivity contribution in [2.75, 3.05) is 0 Å². The largest absolute Gasteiger partial charge is 0.271 e. The van der Waals surface area contributed by atoms with Crippen LogP contribution in [0.4, 0.5) is 0 Å². The van der Waals surface area contributed by atoms with Crippen molar-refractivity contribution in [1.82, 2.24) is 5.43 Å². The number of nitrogens with one attached hydrogen (secondary N) is 1. The number of hydrazine groups is 1. The van der Waals surface area contributed by atoms with Crippen molar-refractivity contribution in [2.24, 2.45) is 5.84 Å². The average Bonchev–Trinajstić information content (AvgIpc) is 2.36. The van der Waals surface area contributed by atoms with E-state index in [0.29, 0.717) is 10.0 Å². The number of hydrogen-bond acceptors (Lipinski definition) is 2. The van der Waals surface area contributed by atoms with Gasteiger partial charge in [0, 0.05) is 0 Å². The molecule has 1 aromatic carbocycles. The van der Waals surface area contributed by atoms with E-state index in [0.717, 1.165) is 18.4 Å². The minimum absolute atomic E-state index is 0.0351. The quantitative estimate of drug-likeness (QED) is 0.479. The van der Waals surface area contributed by atoms with Gasteiger partial charge in [0.15, 0.2) is 0 Å². The van der Waals surface area contributed by atoms with Gasteiger partial charge in [-0.15, -0.1) is 0 Å². The van der Waals surface area contributed by atoms with Crippen molar-refractivity contribution in [3.8, 4) is 0 Å². The van der Waals surface area contributed by atoms with E-state index in [1.54, 1.807) is 0 Å². The molecule has 1 atom stereocenters. The van der Waals surface area contributed by atoms with Gasteiger partial charge in [-0.2, -0.15) is 0 Å². The number of allylic oxidation sites excluding steroid dienone is 1. The highest BCUT2D eigenvalue weighted by Crippen LogP contribution is 2.31. The van der Waals surface area contributed by atoms with Crippen LogP contribution in [0.5, 0.6) is 0 Å². The lowest BCUT2D eigenvalue weighted by Gasteiger charge is -2.22. The second-order valence-corrected chi connectivity index (χ2v) is 5.82. The number of hydrogen-bond donors (Lipinski definition) is 2. The first-order valence-corrected chi connectivity index (χ1v) is 7.58. The number of rotatable bonds is 3. The van der Waals surface area contributed by atoms with Crippen LogP contribution in [0, 0.1) is 0 Å². The van der Waals surface area contributed by atoms with Gasteiger partial charge in [0.1, 0.15) is 0 Å². The first-order chi connectivity index (χ1) is 9.22. The molecular formula is C15H20Cl2N2. The molecule has 0 aliphatic heterocycles. The zero-order chi connectivity index (χ0) is 13.7. The van der Waals surface area contributed by atoms with E-state index in [-0.39, 0.29) is 6.04 Å². The molecule has 1 aromatic rings. The summed E-state index contributed by atoms with van der Waals surface area (Å²) in [6, 6.07) is 5.74. The van der Waals surface area contributed by atoms with Crippen molar-refractivity contribution in [1.29, 1.82) is 0 Å². The number of benzene rings is 1. The third-order valence-electron chi connectivity index (χ3n) is 3.64. The van der Waals surface area contributed by atoms with Crippen molar-refractivity contribution in [3.05, 3.63) is 45.5 Å². The Morgan fingerprint density at radius 3 is 2.58 bits per heavy atom. The molecule has 1 unspecified atom stereocenters. The highest BCUT2D eigenvalue weighted by atomic mass is 35.5. The second-order valence-electron chi connectivity index (χ2n) is 5.01. The first kappa shape index (κ1) is 14.9. The predicted molar refractivity (Wildman–Crippen MR) is 82.3 cm³/mol.